The van der Waals surface area contributed by atoms with Gasteiger partial charge in [-0.1, -0.05) is 24.3 Å². The summed E-state index contributed by atoms with van der Waals surface area (Å²) in [5.74, 6) is -0.902. The molecule has 0 heterocycles. The van der Waals surface area contributed by atoms with Gasteiger partial charge >= 0.3 is 5.97 Å². The first-order valence-corrected chi connectivity index (χ1v) is 6.78. The summed E-state index contributed by atoms with van der Waals surface area (Å²) in [6.45, 7) is 4.70. The van der Waals surface area contributed by atoms with E-state index in [0.717, 1.165) is 11.1 Å². The minimum absolute atomic E-state index is 0.0375. The molecule has 0 aliphatic rings. The van der Waals surface area contributed by atoms with Crippen LogP contribution in [0.1, 0.15) is 36.9 Å². The standard InChI is InChI=1S/C15H22N2O3/c1-11-6-3-4-7-13(11)12(2)17-14(18)10-16-9-5-8-15(19)20/h3-4,6-7,12,16H,5,8-10H2,1-2H3,(H,17,18)(H,19,20). The molecule has 1 amide bonds. The van der Waals surface area contributed by atoms with Crippen molar-refractivity contribution in [3.05, 3.63) is 35.4 Å². The van der Waals surface area contributed by atoms with Gasteiger partial charge in [-0.25, -0.2) is 0 Å². The number of amides is 1. The molecule has 1 rings (SSSR count). The van der Waals surface area contributed by atoms with Gasteiger partial charge in [-0.15, -0.1) is 0 Å². The van der Waals surface area contributed by atoms with E-state index in [1.807, 2.05) is 38.1 Å². The average Bonchev–Trinajstić information content (AvgIpc) is 2.38. The molecule has 110 valence electrons. The number of nitrogens with one attached hydrogen (secondary N) is 2. The SMILES string of the molecule is Cc1ccccc1C(C)NC(=O)CNCCCC(=O)O. The van der Waals surface area contributed by atoms with Gasteiger partial charge < -0.3 is 15.7 Å². The van der Waals surface area contributed by atoms with Crippen LogP contribution in [0.15, 0.2) is 24.3 Å². The highest BCUT2D eigenvalue weighted by molar-refractivity contribution is 5.78. The number of carboxylic acid groups (broad SMARTS) is 1. The molecule has 1 unspecified atom stereocenters. The Labute approximate surface area is 119 Å². The Kier molecular flexibility index (Phi) is 6.73. The van der Waals surface area contributed by atoms with Crippen molar-refractivity contribution in [2.75, 3.05) is 13.1 Å². The highest BCUT2D eigenvalue weighted by Crippen LogP contribution is 2.16. The third-order valence-corrected chi connectivity index (χ3v) is 3.06. The van der Waals surface area contributed by atoms with Crippen LogP contribution in [0.25, 0.3) is 0 Å². The first-order valence-electron chi connectivity index (χ1n) is 6.78. The fourth-order valence-electron chi connectivity index (χ4n) is 2.01. The lowest BCUT2D eigenvalue weighted by molar-refractivity contribution is -0.137. The van der Waals surface area contributed by atoms with E-state index in [-0.39, 0.29) is 24.9 Å². The van der Waals surface area contributed by atoms with Gasteiger partial charge in [-0.2, -0.15) is 0 Å². The molecular weight excluding hydrogens is 256 g/mol. The molecule has 0 aliphatic carbocycles. The molecule has 0 radical (unpaired) electrons. The van der Waals surface area contributed by atoms with Gasteiger partial charge in [0, 0.05) is 6.42 Å². The lowest BCUT2D eigenvalue weighted by atomic mass is 10.0. The molecule has 20 heavy (non-hydrogen) atoms. The number of carbonyl (C=O) groups excluding carboxylic acids is 1. The fraction of sp³-hybridized carbons (Fsp3) is 0.467. The quantitative estimate of drug-likeness (QED) is 0.631. The van der Waals surface area contributed by atoms with Crippen molar-refractivity contribution in [3.63, 3.8) is 0 Å². The Bertz CT molecular complexity index is 460. The third-order valence-electron chi connectivity index (χ3n) is 3.06. The van der Waals surface area contributed by atoms with Crippen molar-refractivity contribution in [2.24, 2.45) is 0 Å². The molecule has 1 aromatic rings. The lowest BCUT2D eigenvalue weighted by Crippen LogP contribution is -2.36. The predicted molar refractivity (Wildman–Crippen MR) is 77.5 cm³/mol. The summed E-state index contributed by atoms with van der Waals surface area (Å²) < 4.78 is 0. The van der Waals surface area contributed by atoms with Gasteiger partial charge in [-0.05, 0) is 37.9 Å². The fourth-order valence-corrected chi connectivity index (χ4v) is 2.01. The first-order chi connectivity index (χ1) is 9.50. The maximum Gasteiger partial charge on any atom is 0.303 e. The molecule has 0 saturated carbocycles. The smallest absolute Gasteiger partial charge is 0.303 e. The molecule has 5 heteroatoms. The predicted octanol–water partition coefficient (Wildman–Crippen LogP) is 1.63. The number of hydrogen-bond acceptors (Lipinski definition) is 3. The summed E-state index contributed by atoms with van der Waals surface area (Å²) in [4.78, 5) is 22.1. The van der Waals surface area contributed by atoms with E-state index in [1.165, 1.54) is 0 Å². The van der Waals surface area contributed by atoms with E-state index in [1.54, 1.807) is 0 Å². The zero-order valence-corrected chi connectivity index (χ0v) is 12.0. The van der Waals surface area contributed by atoms with Crippen LogP contribution in [0, 0.1) is 6.92 Å². The molecule has 0 saturated heterocycles. The second-order valence-corrected chi connectivity index (χ2v) is 4.82. The number of carbonyl (C=O) groups is 2. The summed E-state index contributed by atoms with van der Waals surface area (Å²) >= 11 is 0. The van der Waals surface area contributed by atoms with Gasteiger partial charge in [0.2, 0.25) is 5.91 Å². The van der Waals surface area contributed by atoms with Crippen molar-refractivity contribution < 1.29 is 14.7 Å². The summed E-state index contributed by atoms with van der Waals surface area (Å²) in [5, 5.41) is 14.3. The molecule has 0 bridgehead atoms. The van der Waals surface area contributed by atoms with Crippen LogP contribution in [0.2, 0.25) is 0 Å². The number of hydrogen-bond donors (Lipinski definition) is 3. The van der Waals surface area contributed by atoms with Gasteiger partial charge in [0.1, 0.15) is 0 Å². The Morgan fingerprint density at radius 2 is 2.00 bits per heavy atom. The van der Waals surface area contributed by atoms with E-state index in [4.69, 9.17) is 5.11 Å². The molecule has 0 aliphatic heterocycles. The maximum absolute atomic E-state index is 11.7. The van der Waals surface area contributed by atoms with Crippen LogP contribution in [-0.2, 0) is 9.59 Å². The minimum atomic E-state index is -0.815. The number of aryl methyl sites for hydroxylation is 1. The van der Waals surface area contributed by atoms with Crippen LogP contribution < -0.4 is 10.6 Å². The monoisotopic (exact) mass is 278 g/mol. The van der Waals surface area contributed by atoms with E-state index >= 15 is 0 Å². The van der Waals surface area contributed by atoms with Crippen LogP contribution >= 0.6 is 0 Å². The molecule has 1 aromatic carbocycles. The Balaban J connectivity index is 2.28. The minimum Gasteiger partial charge on any atom is -0.481 e. The van der Waals surface area contributed by atoms with E-state index < -0.39 is 5.97 Å². The van der Waals surface area contributed by atoms with Crippen LogP contribution in [-0.4, -0.2) is 30.1 Å². The van der Waals surface area contributed by atoms with Crippen LogP contribution in [0.3, 0.4) is 0 Å². The maximum atomic E-state index is 11.7. The van der Waals surface area contributed by atoms with Crippen molar-refractivity contribution in [2.45, 2.75) is 32.7 Å². The largest absolute Gasteiger partial charge is 0.481 e. The zero-order chi connectivity index (χ0) is 15.0. The van der Waals surface area contributed by atoms with E-state index in [2.05, 4.69) is 10.6 Å². The third kappa shape index (κ3) is 5.84. The van der Waals surface area contributed by atoms with Gasteiger partial charge in [0.25, 0.3) is 0 Å². The second kappa shape index (κ2) is 8.32. The molecule has 5 nitrogen and oxygen atoms in total. The van der Waals surface area contributed by atoms with Crippen molar-refractivity contribution in [1.29, 1.82) is 0 Å². The topological polar surface area (TPSA) is 78.4 Å². The number of benzene rings is 1. The Hall–Kier alpha value is -1.88. The molecular formula is C15H22N2O3. The first kappa shape index (κ1) is 16.2. The Morgan fingerprint density at radius 3 is 2.65 bits per heavy atom. The molecule has 0 fully saturated rings. The van der Waals surface area contributed by atoms with Crippen molar-refractivity contribution in [1.82, 2.24) is 10.6 Å². The average molecular weight is 278 g/mol. The number of carboxylic acids is 1. The van der Waals surface area contributed by atoms with Crippen molar-refractivity contribution in [3.8, 4) is 0 Å². The number of aliphatic carboxylic acids is 1. The molecule has 0 spiro atoms. The number of rotatable bonds is 8. The molecule has 3 N–H and O–H groups in total. The summed E-state index contributed by atoms with van der Waals surface area (Å²) in [6, 6.07) is 7.90. The molecule has 1 atom stereocenters. The summed E-state index contributed by atoms with van der Waals surface area (Å²) in [7, 11) is 0. The van der Waals surface area contributed by atoms with Crippen molar-refractivity contribution >= 4 is 11.9 Å². The molecule has 0 aromatic heterocycles. The Morgan fingerprint density at radius 1 is 1.30 bits per heavy atom. The normalized spacial score (nSPS) is 11.9. The van der Waals surface area contributed by atoms with Gasteiger partial charge in [0.15, 0.2) is 0 Å². The summed E-state index contributed by atoms with van der Waals surface area (Å²) in [6.07, 6.45) is 0.643. The second-order valence-electron chi connectivity index (χ2n) is 4.82. The van der Waals surface area contributed by atoms with E-state index in [0.29, 0.717) is 13.0 Å². The zero-order valence-electron chi connectivity index (χ0n) is 12.0. The highest BCUT2D eigenvalue weighted by Gasteiger charge is 2.10. The van der Waals surface area contributed by atoms with E-state index in [9.17, 15) is 9.59 Å². The van der Waals surface area contributed by atoms with Gasteiger partial charge in [0.05, 0.1) is 12.6 Å². The highest BCUT2D eigenvalue weighted by atomic mass is 16.4. The summed E-state index contributed by atoms with van der Waals surface area (Å²) in [5.41, 5.74) is 2.25. The van der Waals surface area contributed by atoms with Crippen LogP contribution in [0.4, 0.5) is 0 Å². The van der Waals surface area contributed by atoms with Gasteiger partial charge in [-0.3, -0.25) is 9.59 Å². The lowest BCUT2D eigenvalue weighted by Gasteiger charge is -2.16. The van der Waals surface area contributed by atoms with Crippen LogP contribution in [0.5, 0.6) is 0 Å².